The molecule has 0 spiro atoms. The van der Waals surface area contributed by atoms with E-state index in [1.54, 1.807) is 24.3 Å². The SMILES string of the molecule is COC(=O)COc1ccc(C2CCN[C@]2(NC(=O)COCc2ccccc2)C(=O)O)cc1. The zero-order chi connectivity index (χ0) is 23.0. The van der Waals surface area contributed by atoms with E-state index < -0.39 is 29.4 Å². The second-order valence-electron chi connectivity index (χ2n) is 7.34. The maximum absolute atomic E-state index is 12.5. The molecule has 0 bridgehead atoms. The van der Waals surface area contributed by atoms with Crippen molar-refractivity contribution >= 4 is 17.8 Å². The largest absolute Gasteiger partial charge is 0.482 e. The van der Waals surface area contributed by atoms with Gasteiger partial charge in [-0.25, -0.2) is 9.59 Å². The quantitative estimate of drug-likeness (QED) is 0.472. The monoisotopic (exact) mass is 442 g/mol. The highest BCUT2D eigenvalue weighted by Gasteiger charge is 2.51. The number of nitrogens with one attached hydrogen (secondary N) is 2. The van der Waals surface area contributed by atoms with Crippen LogP contribution in [0, 0.1) is 0 Å². The normalized spacial score (nSPS) is 19.8. The van der Waals surface area contributed by atoms with Crippen LogP contribution in [-0.2, 0) is 30.5 Å². The third-order valence-corrected chi connectivity index (χ3v) is 5.25. The highest BCUT2D eigenvalue weighted by Crippen LogP contribution is 2.35. The summed E-state index contributed by atoms with van der Waals surface area (Å²) >= 11 is 0. The summed E-state index contributed by atoms with van der Waals surface area (Å²) in [5.74, 6) is -2.27. The molecule has 1 aliphatic rings. The van der Waals surface area contributed by atoms with Crippen LogP contribution in [0.5, 0.6) is 5.75 Å². The van der Waals surface area contributed by atoms with Gasteiger partial charge in [-0.2, -0.15) is 0 Å². The van der Waals surface area contributed by atoms with Crippen molar-refractivity contribution in [2.75, 3.05) is 26.9 Å². The third kappa shape index (κ3) is 5.63. The Labute approximate surface area is 185 Å². The number of esters is 1. The van der Waals surface area contributed by atoms with E-state index >= 15 is 0 Å². The van der Waals surface area contributed by atoms with Gasteiger partial charge in [0.15, 0.2) is 12.3 Å². The lowest BCUT2D eigenvalue weighted by Crippen LogP contribution is -2.64. The van der Waals surface area contributed by atoms with E-state index in [9.17, 15) is 19.5 Å². The van der Waals surface area contributed by atoms with Crippen molar-refractivity contribution in [1.82, 2.24) is 10.6 Å². The van der Waals surface area contributed by atoms with E-state index in [4.69, 9.17) is 9.47 Å². The summed E-state index contributed by atoms with van der Waals surface area (Å²) in [7, 11) is 1.27. The molecule has 1 saturated heterocycles. The van der Waals surface area contributed by atoms with E-state index in [1.807, 2.05) is 30.3 Å². The highest BCUT2D eigenvalue weighted by molar-refractivity contribution is 5.88. The van der Waals surface area contributed by atoms with E-state index in [1.165, 1.54) is 7.11 Å². The van der Waals surface area contributed by atoms with Gasteiger partial charge < -0.3 is 24.6 Å². The van der Waals surface area contributed by atoms with E-state index in [-0.39, 0.29) is 19.8 Å². The van der Waals surface area contributed by atoms with Crippen LogP contribution >= 0.6 is 0 Å². The van der Waals surface area contributed by atoms with Gasteiger partial charge in [0.1, 0.15) is 12.4 Å². The molecule has 170 valence electrons. The lowest BCUT2D eigenvalue weighted by Gasteiger charge is -2.32. The predicted molar refractivity (Wildman–Crippen MR) is 114 cm³/mol. The van der Waals surface area contributed by atoms with Gasteiger partial charge in [-0.15, -0.1) is 0 Å². The molecule has 0 radical (unpaired) electrons. The molecule has 2 aromatic carbocycles. The van der Waals surface area contributed by atoms with Crippen molar-refractivity contribution in [3.05, 3.63) is 65.7 Å². The Morgan fingerprint density at radius 1 is 1.09 bits per heavy atom. The lowest BCUT2D eigenvalue weighted by atomic mass is 9.86. The van der Waals surface area contributed by atoms with Crippen LogP contribution in [0.2, 0.25) is 0 Å². The van der Waals surface area contributed by atoms with Gasteiger partial charge in [-0.1, -0.05) is 42.5 Å². The summed E-state index contributed by atoms with van der Waals surface area (Å²) in [4.78, 5) is 35.9. The van der Waals surface area contributed by atoms with Gasteiger partial charge in [-0.3, -0.25) is 10.1 Å². The lowest BCUT2D eigenvalue weighted by molar-refractivity contribution is -0.150. The first-order valence-corrected chi connectivity index (χ1v) is 10.2. The first-order chi connectivity index (χ1) is 15.4. The Balaban J connectivity index is 1.64. The van der Waals surface area contributed by atoms with Gasteiger partial charge in [0, 0.05) is 5.92 Å². The minimum absolute atomic E-state index is 0.223. The molecule has 32 heavy (non-hydrogen) atoms. The molecule has 9 heteroatoms. The molecular weight excluding hydrogens is 416 g/mol. The van der Waals surface area contributed by atoms with Crippen LogP contribution in [0.25, 0.3) is 0 Å². The second kappa shape index (κ2) is 10.7. The van der Waals surface area contributed by atoms with Crippen LogP contribution in [-0.4, -0.2) is 55.5 Å². The van der Waals surface area contributed by atoms with Gasteiger partial charge in [0.2, 0.25) is 5.91 Å². The van der Waals surface area contributed by atoms with Crippen LogP contribution in [0.3, 0.4) is 0 Å². The Morgan fingerprint density at radius 3 is 2.47 bits per heavy atom. The van der Waals surface area contributed by atoms with Crippen molar-refractivity contribution < 1.29 is 33.7 Å². The minimum Gasteiger partial charge on any atom is -0.482 e. The van der Waals surface area contributed by atoms with E-state index in [0.29, 0.717) is 24.3 Å². The molecule has 1 unspecified atom stereocenters. The molecule has 1 fully saturated rings. The van der Waals surface area contributed by atoms with Crippen molar-refractivity contribution in [2.45, 2.75) is 24.6 Å². The Morgan fingerprint density at radius 2 is 1.81 bits per heavy atom. The van der Waals surface area contributed by atoms with Crippen molar-refractivity contribution in [1.29, 1.82) is 0 Å². The van der Waals surface area contributed by atoms with Gasteiger partial charge in [0.25, 0.3) is 0 Å². The van der Waals surface area contributed by atoms with E-state index in [2.05, 4.69) is 15.4 Å². The molecule has 3 N–H and O–H groups in total. The fourth-order valence-electron chi connectivity index (χ4n) is 3.67. The molecule has 1 heterocycles. The number of ether oxygens (including phenoxy) is 3. The molecule has 3 rings (SSSR count). The van der Waals surface area contributed by atoms with Crippen molar-refractivity contribution in [2.24, 2.45) is 0 Å². The van der Waals surface area contributed by atoms with Crippen molar-refractivity contribution in [3.8, 4) is 5.75 Å². The van der Waals surface area contributed by atoms with Crippen molar-refractivity contribution in [3.63, 3.8) is 0 Å². The smallest absolute Gasteiger partial charge is 0.345 e. The number of carbonyl (C=O) groups excluding carboxylic acids is 2. The van der Waals surface area contributed by atoms with Crippen LogP contribution in [0.4, 0.5) is 0 Å². The second-order valence-corrected chi connectivity index (χ2v) is 7.34. The summed E-state index contributed by atoms with van der Waals surface area (Å²) in [6.07, 6.45) is 0.514. The van der Waals surface area contributed by atoms with E-state index in [0.717, 1.165) is 5.56 Å². The average Bonchev–Trinajstić information content (AvgIpc) is 3.23. The summed E-state index contributed by atoms with van der Waals surface area (Å²) in [6.45, 7) is 0.179. The molecule has 9 nitrogen and oxygen atoms in total. The number of aliphatic carboxylic acids is 1. The average molecular weight is 442 g/mol. The molecule has 0 aliphatic carbocycles. The summed E-state index contributed by atoms with van der Waals surface area (Å²) in [5.41, 5.74) is -0.0189. The zero-order valence-electron chi connectivity index (χ0n) is 17.7. The maximum atomic E-state index is 12.5. The summed E-state index contributed by atoms with van der Waals surface area (Å²) < 4.78 is 15.3. The minimum atomic E-state index is -1.65. The molecule has 0 aromatic heterocycles. The Hall–Kier alpha value is -3.43. The van der Waals surface area contributed by atoms with Crippen LogP contribution in [0.15, 0.2) is 54.6 Å². The fourth-order valence-corrected chi connectivity index (χ4v) is 3.67. The van der Waals surface area contributed by atoms with Gasteiger partial charge >= 0.3 is 11.9 Å². The number of hydrogen-bond donors (Lipinski definition) is 3. The van der Waals surface area contributed by atoms with Crippen LogP contribution in [0.1, 0.15) is 23.5 Å². The highest BCUT2D eigenvalue weighted by atomic mass is 16.6. The number of carboxylic acids is 1. The topological polar surface area (TPSA) is 123 Å². The van der Waals surface area contributed by atoms with Gasteiger partial charge in [0.05, 0.1) is 13.7 Å². The first-order valence-electron chi connectivity index (χ1n) is 10.2. The molecule has 0 saturated carbocycles. The number of rotatable bonds is 10. The summed E-state index contributed by atoms with van der Waals surface area (Å²) in [6, 6.07) is 16.1. The molecule has 1 aliphatic heterocycles. The predicted octanol–water partition coefficient (Wildman–Crippen LogP) is 1.43. The number of carbonyl (C=O) groups is 3. The third-order valence-electron chi connectivity index (χ3n) is 5.25. The standard InChI is InChI=1S/C23H26N2O7/c1-30-21(27)15-32-18-9-7-17(8-10-18)19-11-12-24-23(19,22(28)29)25-20(26)14-31-13-16-5-3-2-4-6-16/h2-10,19,24H,11-15H2,1H3,(H,25,26)(H,28,29)/t19?,23-/m1/s1. The molecular formula is C23H26N2O7. The van der Waals surface area contributed by atoms with Gasteiger partial charge in [-0.05, 0) is 36.2 Å². The number of methoxy groups -OCH3 is 1. The fraction of sp³-hybridized carbons (Fsp3) is 0.348. The molecule has 2 aromatic rings. The molecule has 2 atom stereocenters. The maximum Gasteiger partial charge on any atom is 0.345 e. The Bertz CT molecular complexity index is 933. The van der Waals surface area contributed by atoms with Crippen LogP contribution < -0.4 is 15.4 Å². The first kappa shape index (κ1) is 23.2. The Kier molecular flexibility index (Phi) is 7.80. The summed E-state index contributed by atoms with van der Waals surface area (Å²) in [5, 5.41) is 15.5. The molecule has 1 amide bonds. The number of amides is 1. The zero-order valence-corrected chi connectivity index (χ0v) is 17.7. The number of carboxylic acid groups (broad SMARTS) is 1. The number of hydrogen-bond acceptors (Lipinski definition) is 7. The number of benzene rings is 2.